The normalized spacial score (nSPS) is 36.6. The zero-order valence-electron chi connectivity index (χ0n) is 12.1. The van der Waals surface area contributed by atoms with Crippen LogP contribution in [-0.2, 0) is 9.47 Å². The molecule has 0 aromatic heterocycles. The van der Waals surface area contributed by atoms with Gasteiger partial charge in [0.15, 0.2) is 0 Å². The van der Waals surface area contributed by atoms with Gasteiger partial charge in [0.2, 0.25) is 0 Å². The van der Waals surface area contributed by atoms with E-state index in [1.807, 2.05) is 0 Å². The maximum Gasteiger partial charge on any atom is 0.109 e. The van der Waals surface area contributed by atoms with Gasteiger partial charge in [0.25, 0.3) is 0 Å². The highest BCUT2D eigenvalue weighted by atomic mass is 16.5. The highest BCUT2D eigenvalue weighted by Gasteiger charge is 2.46. The molecule has 0 unspecified atom stereocenters. The number of aliphatic hydroxyl groups excluding tert-OH is 2. The lowest BCUT2D eigenvalue weighted by Gasteiger charge is -2.40. The molecule has 118 valence electrons. The first kappa shape index (κ1) is 16.1. The molecule has 7 heteroatoms. The molecule has 4 N–H and O–H groups in total. The van der Waals surface area contributed by atoms with E-state index in [2.05, 4.69) is 9.80 Å². The Labute approximate surface area is 120 Å². The van der Waals surface area contributed by atoms with Gasteiger partial charge in [-0.1, -0.05) is 0 Å². The molecular formula is C13H27N3O4. The Morgan fingerprint density at radius 1 is 1.25 bits per heavy atom. The summed E-state index contributed by atoms with van der Waals surface area (Å²) >= 11 is 0. The van der Waals surface area contributed by atoms with E-state index in [-0.39, 0.29) is 18.8 Å². The van der Waals surface area contributed by atoms with Crippen LogP contribution in [0.25, 0.3) is 0 Å². The molecule has 0 aliphatic carbocycles. The quantitative estimate of drug-likeness (QED) is 0.506. The van der Waals surface area contributed by atoms with Crippen LogP contribution in [0.2, 0.25) is 0 Å². The topological polar surface area (TPSA) is 91.4 Å². The predicted molar refractivity (Wildman–Crippen MR) is 74.5 cm³/mol. The highest BCUT2D eigenvalue weighted by Crippen LogP contribution is 2.26. The van der Waals surface area contributed by atoms with E-state index in [0.29, 0.717) is 6.54 Å². The van der Waals surface area contributed by atoms with Crippen LogP contribution in [0.5, 0.6) is 0 Å². The molecular weight excluding hydrogens is 262 g/mol. The van der Waals surface area contributed by atoms with Gasteiger partial charge >= 0.3 is 0 Å². The number of hydrogen-bond donors (Lipinski definition) is 3. The van der Waals surface area contributed by atoms with Crippen molar-refractivity contribution in [2.75, 3.05) is 59.6 Å². The number of rotatable bonds is 6. The molecule has 2 aliphatic heterocycles. The average Bonchev–Trinajstić information content (AvgIpc) is 2.81. The minimum Gasteiger partial charge on any atom is -0.394 e. The fourth-order valence-electron chi connectivity index (χ4n) is 3.13. The molecule has 0 aromatic rings. The molecule has 0 saturated carbocycles. The second kappa shape index (κ2) is 7.65. The third-order valence-electron chi connectivity index (χ3n) is 4.31. The number of ether oxygens (including phenoxy) is 2. The van der Waals surface area contributed by atoms with Crippen LogP contribution in [0.3, 0.4) is 0 Å². The van der Waals surface area contributed by atoms with Crippen molar-refractivity contribution >= 4 is 0 Å². The molecule has 2 aliphatic rings. The van der Waals surface area contributed by atoms with Gasteiger partial charge in [0.05, 0.1) is 25.4 Å². The number of nitrogens with two attached hydrogens (primary N) is 1. The third kappa shape index (κ3) is 3.48. The zero-order chi connectivity index (χ0) is 14.5. The number of hydrogen-bond acceptors (Lipinski definition) is 7. The van der Waals surface area contributed by atoms with Crippen molar-refractivity contribution in [1.82, 2.24) is 9.80 Å². The smallest absolute Gasteiger partial charge is 0.109 e. The number of piperazine rings is 1. The molecule has 0 radical (unpaired) electrons. The summed E-state index contributed by atoms with van der Waals surface area (Å²) in [5.41, 5.74) is 5.73. The van der Waals surface area contributed by atoms with Crippen LogP contribution in [0, 0.1) is 0 Å². The first-order chi connectivity index (χ1) is 9.71. The summed E-state index contributed by atoms with van der Waals surface area (Å²) in [6.45, 7) is 5.54. The summed E-state index contributed by atoms with van der Waals surface area (Å²) in [5.74, 6) is 0. The van der Waals surface area contributed by atoms with Gasteiger partial charge in [-0.15, -0.1) is 0 Å². The third-order valence-corrected chi connectivity index (χ3v) is 4.31. The minimum atomic E-state index is -0.668. The Morgan fingerprint density at radius 2 is 1.95 bits per heavy atom. The van der Waals surface area contributed by atoms with Crippen LogP contribution in [-0.4, -0.2) is 104 Å². The lowest BCUT2D eigenvalue weighted by Crippen LogP contribution is -2.57. The number of aliphatic hydroxyl groups is 2. The summed E-state index contributed by atoms with van der Waals surface area (Å²) in [6, 6.07) is -0.110. The van der Waals surface area contributed by atoms with Gasteiger partial charge in [0.1, 0.15) is 12.2 Å². The second-order valence-corrected chi connectivity index (χ2v) is 5.48. The van der Waals surface area contributed by atoms with E-state index in [9.17, 15) is 10.2 Å². The van der Waals surface area contributed by atoms with E-state index in [1.165, 1.54) is 0 Å². The number of methoxy groups -OCH3 is 1. The molecule has 2 heterocycles. The van der Waals surface area contributed by atoms with E-state index in [1.54, 1.807) is 7.11 Å². The summed E-state index contributed by atoms with van der Waals surface area (Å²) in [4.78, 5) is 4.59. The van der Waals surface area contributed by atoms with Gasteiger partial charge in [0, 0.05) is 46.4 Å². The molecule has 0 aromatic carbocycles. The molecule has 2 rings (SSSR count). The Kier molecular flexibility index (Phi) is 6.16. The Morgan fingerprint density at radius 3 is 2.50 bits per heavy atom. The van der Waals surface area contributed by atoms with Crippen LogP contribution in [0.15, 0.2) is 0 Å². The first-order valence-electron chi connectivity index (χ1n) is 7.31. The van der Waals surface area contributed by atoms with Crippen LogP contribution < -0.4 is 5.73 Å². The van der Waals surface area contributed by atoms with Crippen LogP contribution >= 0.6 is 0 Å². The molecule has 0 spiro atoms. The largest absolute Gasteiger partial charge is 0.394 e. The first-order valence-corrected chi connectivity index (χ1v) is 7.31. The van der Waals surface area contributed by atoms with Crippen molar-refractivity contribution in [2.24, 2.45) is 5.73 Å². The number of nitrogens with zero attached hydrogens (tertiary/aromatic N) is 2. The van der Waals surface area contributed by atoms with Crippen molar-refractivity contribution < 1.29 is 19.7 Å². The van der Waals surface area contributed by atoms with Crippen molar-refractivity contribution in [3.8, 4) is 0 Å². The fourth-order valence-corrected chi connectivity index (χ4v) is 3.13. The molecule has 0 bridgehead atoms. The fraction of sp³-hybridized carbons (Fsp3) is 1.00. The maximum atomic E-state index is 10.3. The summed E-state index contributed by atoms with van der Waals surface area (Å²) in [7, 11) is 1.71. The lowest BCUT2D eigenvalue weighted by molar-refractivity contribution is -0.0193. The maximum absolute atomic E-state index is 10.3. The zero-order valence-corrected chi connectivity index (χ0v) is 12.1. The van der Waals surface area contributed by atoms with Gasteiger partial charge in [-0.2, -0.15) is 0 Å². The Bertz CT molecular complexity index is 285. The Hall–Kier alpha value is -0.280. The molecule has 7 nitrogen and oxygen atoms in total. The monoisotopic (exact) mass is 289 g/mol. The lowest BCUT2D eigenvalue weighted by atomic mass is 10.0. The SMILES string of the molecule is COCCN1CCN([C@H]2[C@@H](O)[C@H](CO)O[C@@H]2CN)CC1. The molecule has 4 atom stereocenters. The molecule has 20 heavy (non-hydrogen) atoms. The van der Waals surface area contributed by atoms with E-state index in [4.69, 9.17) is 15.2 Å². The van der Waals surface area contributed by atoms with Crippen molar-refractivity contribution in [2.45, 2.75) is 24.4 Å². The standard InChI is InChI=1S/C13H27N3O4/c1-19-7-6-15-2-4-16(5-3-15)12-10(8-14)20-11(9-17)13(12)18/h10-13,17-18H,2-9,14H2,1H3/t10-,11+,12-,13+/m1/s1. The minimum absolute atomic E-state index is 0.110. The van der Waals surface area contributed by atoms with Crippen LogP contribution in [0.1, 0.15) is 0 Å². The van der Waals surface area contributed by atoms with Crippen molar-refractivity contribution in [1.29, 1.82) is 0 Å². The average molecular weight is 289 g/mol. The summed E-state index contributed by atoms with van der Waals surface area (Å²) < 4.78 is 10.7. The highest BCUT2D eigenvalue weighted by molar-refractivity contribution is 4.98. The van der Waals surface area contributed by atoms with Gasteiger partial charge in [-0.3, -0.25) is 9.80 Å². The van der Waals surface area contributed by atoms with E-state index >= 15 is 0 Å². The van der Waals surface area contributed by atoms with Crippen molar-refractivity contribution in [3.63, 3.8) is 0 Å². The van der Waals surface area contributed by atoms with E-state index in [0.717, 1.165) is 39.3 Å². The van der Waals surface area contributed by atoms with E-state index < -0.39 is 12.2 Å². The predicted octanol–water partition coefficient (Wildman–Crippen LogP) is -2.30. The molecule has 0 amide bonds. The summed E-state index contributed by atoms with van der Waals surface area (Å²) in [6.07, 6.45) is -1.38. The Balaban J connectivity index is 1.88. The van der Waals surface area contributed by atoms with Gasteiger partial charge < -0.3 is 25.4 Å². The van der Waals surface area contributed by atoms with Crippen molar-refractivity contribution in [3.05, 3.63) is 0 Å². The van der Waals surface area contributed by atoms with Crippen LogP contribution in [0.4, 0.5) is 0 Å². The second-order valence-electron chi connectivity index (χ2n) is 5.48. The van der Waals surface area contributed by atoms with Gasteiger partial charge in [-0.05, 0) is 0 Å². The molecule has 2 fully saturated rings. The summed E-state index contributed by atoms with van der Waals surface area (Å²) in [5, 5.41) is 19.5. The molecule has 2 saturated heterocycles. The van der Waals surface area contributed by atoms with Gasteiger partial charge in [-0.25, -0.2) is 0 Å².